The van der Waals surface area contributed by atoms with Crippen molar-refractivity contribution in [3.63, 3.8) is 0 Å². The highest BCUT2D eigenvalue weighted by Gasteiger charge is 2.28. The molecule has 15 heavy (non-hydrogen) atoms. The molecule has 0 unspecified atom stereocenters. The maximum atomic E-state index is 11.8. The lowest BCUT2D eigenvalue weighted by Crippen LogP contribution is -2.29. The molecule has 0 aliphatic carbocycles. The smallest absolute Gasteiger partial charge is 0.324 e. The van der Waals surface area contributed by atoms with Crippen LogP contribution in [-0.2, 0) is 0 Å². The van der Waals surface area contributed by atoms with Crippen molar-refractivity contribution < 1.29 is 9.53 Å². The summed E-state index contributed by atoms with van der Waals surface area (Å²) in [5, 5.41) is 0. The number of carbonyl (C=O) groups excluding carboxylic acids is 1. The van der Waals surface area contributed by atoms with Crippen LogP contribution < -0.4 is 9.64 Å². The number of likely N-dealkylation sites (N-methyl/N-ethyl adjacent to an activating group) is 1. The molecule has 0 N–H and O–H groups in total. The Labute approximate surface area is 89.0 Å². The molecule has 4 nitrogen and oxygen atoms in total. The topological polar surface area (TPSA) is 32.8 Å². The van der Waals surface area contributed by atoms with Gasteiger partial charge in [-0.3, -0.25) is 4.90 Å². The standard InChI is InChI=1S/C11H14N2O2/c1-12-7-8-13(11(12)14)9-5-3-4-6-10(9)15-2/h3-6H,7-8H2,1-2H3. The minimum atomic E-state index is 0.0273. The number of benzene rings is 1. The van der Waals surface area contributed by atoms with E-state index >= 15 is 0 Å². The van der Waals surface area contributed by atoms with Crippen LogP contribution in [0.2, 0.25) is 0 Å². The lowest BCUT2D eigenvalue weighted by Gasteiger charge is -2.18. The molecule has 1 saturated heterocycles. The quantitative estimate of drug-likeness (QED) is 0.735. The Bertz CT molecular complexity index is 379. The molecule has 0 radical (unpaired) electrons. The minimum Gasteiger partial charge on any atom is -0.495 e. The summed E-state index contributed by atoms with van der Waals surface area (Å²) in [7, 11) is 3.42. The van der Waals surface area contributed by atoms with Crippen LogP contribution in [0.1, 0.15) is 0 Å². The fourth-order valence-corrected chi connectivity index (χ4v) is 1.72. The third-order valence-corrected chi connectivity index (χ3v) is 2.59. The summed E-state index contributed by atoms with van der Waals surface area (Å²) in [5.41, 5.74) is 0.842. The molecule has 2 amide bonds. The molecule has 1 aliphatic heterocycles. The van der Waals surface area contributed by atoms with Gasteiger partial charge in [-0.05, 0) is 12.1 Å². The van der Waals surface area contributed by atoms with Crippen molar-refractivity contribution in [1.82, 2.24) is 4.90 Å². The van der Waals surface area contributed by atoms with E-state index in [1.807, 2.05) is 24.3 Å². The largest absolute Gasteiger partial charge is 0.495 e. The van der Waals surface area contributed by atoms with Crippen LogP contribution in [0.4, 0.5) is 10.5 Å². The Morgan fingerprint density at radius 3 is 2.60 bits per heavy atom. The van der Waals surface area contributed by atoms with Crippen molar-refractivity contribution in [2.24, 2.45) is 0 Å². The monoisotopic (exact) mass is 206 g/mol. The second kappa shape index (κ2) is 3.81. The number of ether oxygens (including phenoxy) is 1. The third-order valence-electron chi connectivity index (χ3n) is 2.59. The van der Waals surface area contributed by atoms with E-state index in [1.54, 1.807) is 24.0 Å². The average Bonchev–Trinajstić information content (AvgIpc) is 2.60. The Hall–Kier alpha value is -1.71. The summed E-state index contributed by atoms with van der Waals surface area (Å²) >= 11 is 0. The normalized spacial score (nSPS) is 16.0. The number of methoxy groups -OCH3 is 1. The lowest BCUT2D eigenvalue weighted by atomic mass is 10.2. The van der Waals surface area contributed by atoms with Crippen LogP contribution in [0.25, 0.3) is 0 Å². The molecule has 0 bridgehead atoms. The highest BCUT2D eigenvalue weighted by Crippen LogP contribution is 2.29. The maximum absolute atomic E-state index is 11.8. The van der Waals surface area contributed by atoms with E-state index in [2.05, 4.69) is 0 Å². The second-order valence-electron chi connectivity index (χ2n) is 3.53. The minimum absolute atomic E-state index is 0.0273. The zero-order chi connectivity index (χ0) is 10.8. The molecular formula is C11H14N2O2. The van der Waals surface area contributed by atoms with Crippen molar-refractivity contribution in [3.05, 3.63) is 24.3 Å². The molecular weight excluding hydrogens is 192 g/mol. The van der Waals surface area contributed by atoms with Gasteiger partial charge in [0.25, 0.3) is 0 Å². The third kappa shape index (κ3) is 1.63. The molecule has 4 heteroatoms. The summed E-state index contributed by atoms with van der Waals surface area (Å²) in [4.78, 5) is 15.2. The van der Waals surface area contributed by atoms with E-state index in [1.165, 1.54) is 0 Å². The van der Waals surface area contributed by atoms with Gasteiger partial charge in [0, 0.05) is 20.1 Å². The van der Waals surface area contributed by atoms with Crippen LogP contribution >= 0.6 is 0 Å². The highest BCUT2D eigenvalue weighted by atomic mass is 16.5. The van der Waals surface area contributed by atoms with Crippen LogP contribution in [0.5, 0.6) is 5.75 Å². The molecule has 80 valence electrons. The number of rotatable bonds is 2. The Morgan fingerprint density at radius 2 is 2.00 bits per heavy atom. The number of carbonyl (C=O) groups is 1. The average molecular weight is 206 g/mol. The summed E-state index contributed by atoms with van der Waals surface area (Å²) in [6.45, 7) is 1.48. The van der Waals surface area contributed by atoms with Crippen molar-refractivity contribution in [1.29, 1.82) is 0 Å². The van der Waals surface area contributed by atoms with Gasteiger partial charge in [0.15, 0.2) is 0 Å². The van der Waals surface area contributed by atoms with Crippen molar-refractivity contribution >= 4 is 11.7 Å². The van der Waals surface area contributed by atoms with E-state index in [0.717, 1.165) is 24.5 Å². The first kappa shape index (κ1) is 9.83. The number of anilines is 1. The molecule has 1 aromatic rings. The Balaban J connectivity index is 2.33. The van der Waals surface area contributed by atoms with Crippen molar-refractivity contribution in [2.45, 2.75) is 0 Å². The summed E-state index contributed by atoms with van der Waals surface area (Å²) in [6, 6.07) is 7.59. The molecule has 2 rings (SSSR count). The Kier molecular flexibility index (Phi) is 2.49. The van der Waals surface area contributed by atoms with Gasteiger partial charge >= 0.3 is 6.03 Å². The van der Waals surface area contributed by atoms with Crippen molar-refractivity contribution in [2.75, 3.05) is 32.1 Å². The van der Waals surface area contributed by atoms with E-state index in [4.69, 9.17) is 4.74 Å². The van der Waals surface area contributed by atoms with Crippen LogP contribution in [-0.4, -0.2) is 38.2 Å². The van der Waals surface area contributed by atoms with Crippen LogP contribution in [0.15, 0.2) is 24.3 Å². The number of nitrogens with zero attached hydrogens (tertiary/aromatic N) is 2. The van der Waals surface area contributed by atoms with Crippen LogP contribution in [0.3, 0.4) is 0 Å². The molecule has 0 aromatic heterocycles. The first-order valence-electron chi connectivity index (χ1n) is 4.89. The fourth-order valence-electron chi connectivity index (χ4n) is 1.72. The number of amides is 2. The molecule has 0 atom stereocenters. The van der Waals surface area contributed by atoms with Crippen molar-refractivity contribution in [3.8, 4) is 5.75 Å². The maximum Gasteiger partial charge on any atom is 0.324 e. The zero-order valence-corrected chi connectivity index (χ0v) is 8.93. The number of para-hydroxylation sites is 2. The predicted molar refractivity (Wildman–Crippen MR) is 58.4 cm³/mol. The van der Waals surface area contributed by atoms with E-state index in [9.17, 15) is 4.79 Å². The van der Waals surface area contributed by atoms with E-state index in [0.29, 0.717) is 0 Å². The molecule has 0 saturated carbocycles. The first-order valence-corrected chi connectivity index (χ1v) is 4.89. The molecule has 1 aromatic carbocycles. The van der Waals surface area contributed by atoms with Gasteiger partial charge in [0.05, 0.1) is 12.8 Å². The molecule has 0 spiro atoms. The zero-order valence-electron chi connectivity index (χ0n) is 8.93. The van der Waals surface area contributed by atoms with Gasteiger partial charge in [-0.15, -0.1) is 0 Å². The number of hydrogen-bond donors (Lipinski definition) is 0. The number of hydrogen-bond acceptors (Lipinski definition) is 2. The molecule has 1 aliphatic rings. The van der Waals surface area contributed by atoms with E-state index in [-0.39, 0.29) is 6.03 Å². The fraction of sp³-hybridized carbons (Fsp3) is 0.364. The Morgan fingerprint density at radius 1 is 1.27 bits per heavy atom. The second-order valence-corrected chi connectivity index (χ2v) is 3.53. The highest BCUT2D eigenvalue weighted by molar-refractivity contribution is 5.95. The molecule has 1 heterocycles. The van der Waals surface area contributed by atoms with Gasteiger partial charge in [-0.1, -0.05) is 12.1 Å². The van der Waals surface area contributed by atoms with Gasteiger partial charge < -0.3 is 9.64 Å². The summed E-state index contributed by atoms with van der Waals surface area (Å²) in [5.74, 6) is 0.737. The van der Waals surface area contributed by atoms with Crippen LogP contribution in [0, 0.1) is 0 Å². The van der Waals surface area contributed by atoms with Gasteiger partial charge in [-0.2, -0.15) is 0 Å². The summed E-state index contributed by atoms with van der Waals surface area (Å²) < 4.78 is 5.23. The van der Waals surface area contributed by atoms with Gasteiger partial charge in [0.1, 0.15) is 5.75 Å². The SMILES string of the molecule is COc1ccccc1N1CCN(C)C1=O. The lowest BCUT2D eigenvalue weighted by molar-refractivity contribution is 0.229. The number of urea groups is 1. The molecule has 1 fully saturated rings. The van der Waals surface area contributed by atoms with E-state index < -0.39 is 0 Å². The predicted octanol–water partition coefficient (Wildman–Crippen LogP) is 1.57. The van der Waals surface area contributed by atoms with Gasteiger partial charge in [-0.25, -0.2) is 4.79 Å². The first-order chi connectivity index (χ1) is 7.24. The summed E-state index contributed by atoms with van der Waals surface area (Å²) in [6.07, 6.45) is 0. The van der Waals surface area contributed by atoms with Gasteiger partial charge in [0.2, 0.25) is 0 Å².